The molecule has 35 heavy (non-hydrogen) atoms. The number of nitrogens with zero attached hydrogens (tertiary/aromatic N) is 4. The van der Waals surface area contributed by atoms with Crippen LogP contribution in [0.3, 0.4) is 0 Å². The van der Waals surface area contributed by atoms with Crippen molar-refractivity contribution in [2.75, 3.05) is 6.54 Å². The number of fused-ring (bicyclic) bond motifs is 3. The molecule has 3 atom stereocenters. The summed E-state index contributed by atoms with van der Waals surface area (Å²) in [6, 6.07) is 6.63. The van der Waals surface area contributed by atoms with E-state index in [1.165, 1.54) is 0 Å². The molecular weight excluding hydrogens is 471 g/mol. The van der Waals surface area contributed by atoms with E-state index in [2.05, 4.69) is 15.0 Å². The number of rotatable bonds is 4. The molecule has 1 amide bonds. The van der Waals surface area contributed by atoms with E-state index in [0.717, 1.165) is 18.8 Å². The summed E-state index contributed by atoms with van der Waals surface area (Å²) in [5.74, 6) is -2.37. The highest BCUT2D eigenvalue weighted by atomic mass is 19.4. The summed E-state index contributed by atoms with van der Waals surface area (Å²) in [4.78, 5) is 26.7. The third-order valence-electron chi connectivity index (χ3n) is 6.40. The van der Waals surface area contributed by atoms with Gasteiger partial charge in [0.25, 0.3) is 11.8 Å². The Morgan fingerprint density at radius 1 is 1.03 bits per heavy atom. The van der Waals surface area contributed by atoms with Crippen molar-refractivity contribution in [2.45, 2.75) is 37.6 Å². The number of hydrogen-bond donors (Lipinski definition) is 0. The van der Waals surface area contributed by atoms with Gasteiger partial charge in [-0.1, -0.05) is 18.2 Å². The highest BCUT2D eigenvalue weighted by Gasteiger charge is 2.45. The number of piperidine rings is 2. The van der Waals surface area contributed by atoms with Gasteiger partial charge >= 0.3 is 6.18 Å². The zero-order valence-electron chi connectivity index (χ0n) is 18.2. The molecule has 1 saturated carbocycles. The molecule has 2 saturated heterocycles. The first-order chi connectivity index (χ1) is 16.7. The van der Waals surface area contributed by atoms with Gasteiger partial charge in [0.15, 0.2) is 17.5 Å². The maximum absolute atomic E-state index is 14.4. The highest BCUT2D eigenvalue weighted by Crippen LogP contribution is 2.39. The number of pyridine rings is 1. The number of carbonyl (C=O) groups excluding carboxylic acids is 1. The maximum atomic E-state index is 14.4. The molecule has 2 aromatic heterocycles. The van der Waals surface area contributed by atoms with Gasteiger partial charge in [0.2, 0.25) is 0 Å². The predicted octanol–water partition coefficient (Wildman–Crippen LogP) is 4.91. The molecular formula is C24H19F5N4O2. The van der Waals surface area contributed by atoms with E-state index in [0.29, 0.717) is 42.8 Å². The van der Waals surface area contributed by atoms with Crippen LogP contribution in [-0.4, -0.2) is 44.4 Å². The van der Waals surface area contributed by atoms with E-state index in [-0.39, 0.29) is 17.6 Å². The highest BCUT2D eigenvalue weighted by molar-refractivity contribution is 6.00. The van der Waals surface area contributed by atoms with Crippen LogP contribution in [0, 0.1) is 17.6 Å². The minimum atomic E-state index is -4.72. The average molecular weight is 490 g/mol. The Morgan fingerprint density at radius 3 is 2.46 bits per heavy atom. The van der Waals surface area contributed by atoms with Crippen LogP contribution in [0.4, 0.5) is 22.0 Å². The van der Waals surface area contributed by atoms with Crippen LogP contribution in [0.15, 0.2) is 48.9 Å². The first-order valence-corrected chi connectivity index (χ1v) is 11.0. The molecule has 6 nitrogen and oxygen atoms in total. The van der Waals surface area contributed by atoms with Crippen LogP contribution < -0.4 is 4.74 Å². The van der Waals surface area contributed by atoms with Gasteiger partial charge in [-0.15, -0.1) is 0 Å². The van der Waals surface area contributed by atoms with Crippen molar-refractivity contribution in [2.24, 2.45) is 5.92 Å². The third kappa shape index (κ3) is 4.54. The lowest BCUT2D eigenvalue weighted by Crippen LogP contribution is -2.59. The molecule has 182 valence electrons. The number of hydrogen-bond acceptors (Lipinski definition) is 5. The second-order valence-electron chi connectivity index (χ2n) is 8.64. The van der Waals surface area contributed by atoms with E-state index in [9.17, 15) is 26.7 Å². The number of alkyl halides is 3. The van der Waals surface area contributed by atoms with Gasteiger partial charge in [-0.05, 0) is 37.3 Å². The van der Waals surface area contributed by atoms with Crippen molar-refractivity contribution in [1.82, 2.24) is 19.9 Å². The topological polar surface area (TPSA) is 68.2 Å². The number of benzene rings is 1. The van der Waals surface area contributed by atoms with Crippen molar-refractivity contribution in [3.63, 3.8) is 0 Å². The Balaban J connectivity index is 1.40. The molecule has 2 bridgehead atoms. The molecule has 6 rings (SSSR count). The summed E-state index contributed by atoms with van der Waals surface area (Å²) in [5, 5.41) is 0. The fraction of sp³-hybridized carbons (Fsp3) is 0.333. The predicted molar refractivity (Wildman–Crippen MR) is 113 cm³/mol. The Bertz CT molecular complexity index is 1250. The van der Waals surface area contributed by atoms with Crippen molar-refractivity contribution in [3.8, 4) is 17.3 Å². The number of aromatic nitrogens is 3. The Hall–Kier alpha value is -3.63. The first-order valence-electron chi connectivity index (χ1n) is 11.0. The molecule has 3 aromatic rings. The zero-order chi connectivity index (χ0) is 24.7. The molecule has 3 unspecified atom stereocenters. The van der Waals surface area contributed by atoms with Crippen molar-refractivity contribution in [3.05, 3.63) is 71.7 Å². The minimum Gasteiger partial charge on any atom is -0.470 e. The van der Waals surface area contributed by atoms with Gasteiger partial charge in [-0.25, -0.2) is 23.7 Å². The monoisotopic (exact) mass is 490 g/mol. The SMILES string of the molecule is O=C(c1ccccc1-c1ncc(F)cn1)N1CC2CCC1C(Oc1ncc(C(F)(F)F)cc1F)C2. The van der Waals surface area contributed by atoms with Crippen molar-refractivity contribution < 1.29 is 31.5 Å². The van der Waals surface area contributed by atoms with E-state index >= 15 is 0 Å². The van der Waals surface area contributed by atoms with E-state index < -0.39 is 41.4 Å². The molecule has 2 aliphatic heterocycles. The third-order valence-corrected chi connectivity index (χ3v) is 6.40. The Labute approximate surface area is 196 Å². The number of carbonyl (C=O) groups is 1. The second kappa shape index (κ2) is 8.86. The molecule has 0 N–H and O–H groups in total. The Morgan fingerprint density at radius 2 is 1.77 bits per heavy atom. The van der Waals surface area contributed by atoms with Crippen LogP contribution in [0.1, 0.15) is 35.2 Å². The van der Waals surface area contributed by atoms with Gasteiger partial charge in [0, 0.05) is 18.3 Å². The fourth-order valence-electron chi connectivity index (χ4n) is 4.77. The summed E-state index contributed by atoms with van der Waals surface area (Å²) >= 11 is 0. The van der Waals surface area contributed by atoms with Gasteiger partial charge in [-0.3, -0.25) is 4.79 Å². The minimum absolute atomic E-state index is 0.0840. The lowest BCUT2D eigenvalue weighted by Gasteiger charge is -2.49. The Kier molecular flexibility index (Phi) is 5.86. The lowest BCUT2D eigenvalue weighted by molar-refractivity contribution is -0.138. The summed E-state index contributed by atoms with van der Waals surface area (Å²) in [5.41, 5.74) is -0.444. The zero-order valence-corrected chi connectivity index (χ0v) is 18.2. The summed E-state index contributed by atoms with van der Waals surface area (Å²) < 4.78 is 71.9. The largest absolute Gasteiger partial charge is 0.470 e. The van der Waals surface area contributed by atoms with Crippen LogP contribution in [0.25, 0.3) is 11.4 Å². The van der Waals surface area contributed by atoms with E-state index in [1.807, 2.05) is 0 Å². The smallest absolute Gasteiger partial charge is 0.417 e. The lowest BCUT2D eigenvalue weighted by atomic mass is 9.77. The van der Waals surface area contributed by atoms with E-state index in [1.54, 1.807) is 29.2 Å². The van der Waals surface area contributed by atoms with Crippen molar-refractivity contribution in [1.29, 1.82) is 0 Å². The second-order valence-corrected chi connectivity index (χ2v) is 8.64. The molecule has 3 aliphatic rings. The van der Waals surface area contributed by atoms with Gasteiger partial charge in [0.1, 0.15) is 6.10 Å². The molecule has 1 aliphatic carbocycles. The molecule has 1 aromatic carbocycles. The van der Waals surface area contributed by atoms with E-state index in [4.69, 9.17) is 4.74 Å². The first kappa shape index (κ1) is 23.1. The van der Waals surface area contributed by atoms with Crippen LogP contribution in [-0.2, 0) is 6.18 Å². The number of ether oxygens (including phenoxy) is 1. The summed E-state index contributed by atoms with van der Waals surface area (Å²) in [6.45, 7) is 0.463. The number of halogens is 5. The fourth-order valence-corrected chi connectivity index (χ4v) is 4.77. The molecule has 0 radical (unpaired) electrons. The molecule has 3 fully saturated rings. The van der Waals surface area contributed by atoms with Crippen molar-refractivity contribution >= 4 is 5.91 Å². The number of amides is 1. The molecule has 4 heterocycles. The molecule has 11 heteroatoms. The standard InChI is InChI=1S/C24H19F5N4O2/c25-15-10-30-21(31-11-15)16-3-1-2-4-17(16)23(34)33-12-13-5-6-19(33)20(7-13)35-22-18(26)8-14(9-32-22)24(27,28)29/h1-4,8-11,13,19-20H,5-7,12H2. The quantitative estimate of drug-likeness (QED) is 0.487. The van der Waals surface area contributed by atoms with Gasteiger partial charge in [0.05, 0.1) is 29.6 Å². The average Bonchev–Trinajstić information content (AvgIpc) is 2.85. The molecule has 0 spiro atoms. The van der Waals surface area contributed by atoms with Crippen LogP contribution in [0.2, 0.25) is 0 Å². The summed E-state index contributed by atoms with van der Waals surface area (Å²) in [6.07, 6.45) is -0.816. The van der Waals surface area contributed by atoms with Crippen LogP contribution >= 0.6 is 0 Å². The van der Waals surface area contributed by atoms with Crippen LogP contribution in [0.5, 0.6) is 5.88 Å². The van der Waals surface area contributed by atoms with Gasteiger partial charge in [-0.2, -0.15) is 13.2 Å². The summed E-state index contributed by atoms with van der Waals surface area (Å²) in [7, 11) is 0. The maximum Gasteiger partial charge on any atom is 0.417 e. The normalized spacial score (nSPS) is 21.7. The van der Waals surface area contributed by atoms with Gasteiger partial charge < -0.3 is 9.64 Å².